The van der Waals surface area contributed by atoms with E-state index < -0.39 is 17.9 Å². The van der Waals surface area contributed by atoms with Crippen LogP contribution in [0.3, 0.4) is 0 Å². The van der Waals surface area contributed by atoms with E-state index in [2.05, 4.69) is 20.4 Å². The number of hydrogen-bond acceptors (Lipinski definition) is 7. The van der Waals surface area contributed by atoms with Gasteiger partial charge in [-0.2, -0.15) is 5.26 Å². The second-order valence-corrected chi connectivity index (χ2v) is 5.51. The third-order valence-electron chi connectivity index (χ3n) is 3.80. The molecule has 0 fully saturated rings. The zero-order valence-electron chi connectivity index (χ0n) is 13.8. The van der Waals surface area contributed by atoms with Gasteiger partial charge in [-0.15, -0.1) is 0 Å². The number of anilines is 1. The number of nitrogens with one attached hydrogen (secondary N) is 1. The van der Waals surface area contributed by atoms with Gasteiger partial charge in [0.05, 0.1) is 18.0 Å². The van der Waals surface area contributed by atoms with Gasteiger partial charge in [0.15, 0.2) is 5.92 Å². The normalized spacial score (nSPS) is 12.8. The number of aliphatic hydroxyl groups excluding tert-OH is 1. The molecule has 0 spiro atoms. The standard InChI is InChI=1S/C18H15N5O3/c1-11-14(10-21-26-11)16(24)13(9-19)17(25)23-18-20-8-7-15(22-18)12-5-3-2-4-6-12/h2-8,10,13,16,24H,1H3,(H,20,22,23,25). The van der Waals surface area contributed by atoms with Crippen LogP contribution in [0.1, 0.15) is 17.4 Å². The average molecular weight is 349 g/mol. The van der Waals surface area contributed by atoms with Crippen LogP contribution in [0.15, 0.2) is 53.3 Å². The molecule has 8 nitrogen and oxygen atoms in total. The first-order chi connectivity index (χ1) is 12.6. The predicted octanol–water partition coefficient (Wildman–Crippen LogP) is 2.25. The lowest BCUT2D eigenvalue weighted by molar-refractivity contribution is -0.121. The lowest BCUT2D eigenvalue weighted by atomic mass is 9.97. The molecule has 2 aromatic heterocycles. The van der Waals surface area contributed by atoms with Crippen LogP contribution >= 0.6 is 0 Å². The molecule has 0 saturated carbocycles. The minimum atomic E-state index is -1.37. The first-order valence-corrected chi connectivity index (χ1v) is 7.78. The quantitative estimate of drug-likeness (QED) is 0.723. The Morgan fingerprint density at radius 3 is 2.73 bits per heavy atom. The van der Waals surface area contributed by atoms with Gasteiger partial charge in [-0.05, 0) is 13.0 Å². The highest BCUT2D eigenvalue weighted by molar-refractivity contribution is 5.93. The Hall–Kier alpha value is -3.57. The van der Waals surface area contributed by atoms with Gasteiger partial charge >= 0.3 is 0 Å². The molecule has 130 valence electrons. The number of nitrogens with zero attached hydrogens (tertiary/aromatic N) is 4. The molecule has 2 heterocycles. The molecule has 0 bridgehead atoms. The van der Waals surface area contributed by atoms with Crippen molar-refractivity contribution in [2.24, 2.45) is 5.92 Å². The van der Waals surface area contributed by atoms with Crippen molar-refractivity contribution in [3.8, 4) is 17.3 Å². The van der Waals surface area contributed by atoms with E-state index in [9.17, 15) is 15.2 Å². The molecule has 26 heavy (non-hydrogen) atoms. The first-order valence-electron chi connectivity index (χ1n) is 7.78. The Kier molecular flexibility index (Phi) is 5.01. The molecule has 0 radical (unpaired) electrons. The molecule has 3 rings (SSSR count). The molecule has 3 aromatic rings. The topological polar surface area (TPSA) is 125 Å². The fourth-order valence-electron chi connectivity index (χ4n) is 2.42. The largest absolute Gasteiger partial charge is 0.386 e. The minimum Gasteiger partial charge on any atom is -0.386 e. The minimum absolute atomic E-state index is 0.0471. The number of aromatic nitrogens is 3. The summed E-state index contributed by atoms with van der Waals surface area (Å²) in [4.78, 5) is 20.7. The summed E-state index contributed by atoms with van der Waals surface area (Å²) in [5.74, 6) is -1.69. The van der Waals surface area contributed by atoms with Gasteiger partial charge in [0.2, 0.25) is 11.9 Å². The summed E-state index contributed by atoms with van der Waals surface area (Å²) in [7, 11) is 0. The van der Waals surface area contributed by atoms with Crippen molar-refractivity contribution in [3.63, 3.8) is 0 Å². The maximum absolute atomic E-state index is 12.4. The highest BCUT2D eigenvalue weighted by atomic mass is 16.5. The van der Waals surface area contributed by atoms with Crippen LogP contribution in [0.2, 0.25) is 0 Å². The number of nitriles is 1. The van der Waals surface area contributed by atoms with Crippen LogP contribution in [0.4, 0.5) is 5.95 Å². The van der Waals surface area contributed by atoms with E-state index in [0.717, 1.165) is 5.56 Å². The molecule has 1 amide bonds. The zero-order chi connectivity index (χ0) is 18.5. The van der Waals surface area contributed by atoms with E-state index >= 15 is 0 Å². The summed E-state index contributed by atoms with van der Waals surface area (Å²) >= 11 is 0. The molecule has 2 unspecified atom stereocenters. The van der Waals surface area contributed by atoms with Crippen LogP contribution in [0.5, 0.6) is 0 Å². The number of aryl methyl sites for hydroxylation is 1. The monoisotopic (exact) mass is 349 g/mol. The molecule has 0 aliphatic heterocycles. The molecular formula is C18H15N5O3. The van der Waals surface area contributed by atoms with E-state index in [-0.39, 0.29) is 11.5 Å². The lowest BCUT2D eigenvalue weighted by Gasteiger charge is -2.15. The summed E-state index contributed by atoms with van der Waals surface area (Å²) in [6.07, 6.45) is 1.42. The van der Waals surface area contributed by atoms with Gasteiger partial charge in [0.25, 0.3) is 0 Å². The Morgan fingerprint density at radius 1 is 1.31 bits per heavy atom. The number of benzene rings is 1. The Bertz CT molecular complexity index is 949. The average Bonchev–Trinajstić information content (AvgIpc) is 3.09. The van der Waals surface area contributed by atoms with Crippen molar-refractivity contribution < 1.29 is 14.4 Å². The fourth-order valence-corrected chi connectivity index (χ4v) is 2.42. The van der Waals surface area contributed by atoms with Crippen LogP contribution in [0.25, 0.3) is 11.3 Å². The zero-order valence-corrected chi connectivity index (χ0v) is 13.8. The number of rotatable bonds is 5. The van der Waals surface area contributed by atoms with Gasteiger partial charge in [-0.1, -0.05) is 35.5 Å². The van der Waals surface area contributed by atoms with E-state index in [4.69, 9.17) is 4.52 Å². The van der Waals surface area contributed by atoms with E-state index in [1.54, 1.807) is 19.1 Å². The predicted molar refractivity (Wildman–Crippen MR) is 91.4 cm³/mol. The molecule has 2 atom stereocenters. The summed E-state index contributed by atoms with van der Waals surface area (Å²) < 4.78 is 4.87. The number of carbonyl (C=O) groups is 1. The Balaban J connectivity index is 1.79. The molecular weight excluding hydrogens is 334 g/mol. The third-order valence-corrected chi connectivity index (χ3v) is 3.80. The van der Waals surface area contributed by atoms with Gasteiger partial charge in [-0.25, -0.2) is 9.97 Å². The van der Waals surface area contributed by atoms with E-state index in [1.807, 2.05) is 30.3 Å². The first kappa shape index (κ1) is 17.3. The molecule has 0 aliphatic rings. The van der Waals surface area contributed by atoms with Gasteiger partial charge < -0.3 is 9.63 Å². The summed E-state index contributed by atoms with van der Waals surface area (Å²) in [5, 5.41) is 25.6. The maximum Gasteiger partial charge on any atom is 0.247 e. The summed E-state index contributed by atoms with van der Waals surface area (Å²) in [6.45, 7) is 1.59. The number of amides is 1. The highest BCUT2D eigenvalue weighted by Crippen LogP contribution is 2.25. The Labute approximate surface area is 149 Å². The van der Waals surface area contributed by atoms with Crippen molar-refractivity contribution in [3.05, 3.63) is 60.1 Å². The van der Waals surface area contributed by atoms with E-state index in [1.165, 1.54) is 12.4 Å². The number of hydrogen-bond donors (Lipinski definition) is 2. The van der Waals surface area contributed by atoms with Crippen molar-refractivity contribution in [2.75, 3.05) is 5.32 Å². The second-order valence-electron chi connectivity index (χ2n) is 5.51. The molecule has 2 N–H and O–H groups in total. The van der Waals surface area contributed by atoms with Gasteiger partial charge in [-0.3, -0.25) is 10.1 Å². The van der Waals surface area contributed by atoms with E-state index in [0.29, 0.717) is 11.5 Å². The van der Waals surface area contributed by atoms with Crippen LogP contribution < -0.4 is 5.32 Å². The summed E-state index contributed by atoms with van der Waals surface area (Å²) in [6, 6.07) is 12.9. The maximum atomic E-state index is 12.4. The Morgan fingerprint density at radius 2 is 2.08 bits per heavy atom. The molecule has 1 aromatic carbocycles. The SMILES string of the molecule is Cc1oncc1C(O)C(C#N)C(=O)Nc1nccc(-c2ccccc2)n1. The summed E-state index contributed by atoms with van der Waals surface area (Å²) in [5.41, 5.74) is 1.77. The highest BCUT2D eigenvalue weighted by Gasteiger charge is 2.31. The third kappa shape index (κ3) is 3.58. The van der Waals surface area contributed by atoms with Crippen molar-refractivity contribution in [1.29, 1.82) is 5.26 Å². The molecule has 8 heteroatoms. The van der Waals surface area contributed by atoms with Gasteiger partial charge in [0.1, 0.15) is 11.9 Å². The number of carbonyl (C=O) groups excluding carboxylic acids is 1. The van der Waals surface area contributed by atoms with Crippen LogP contribution in [-0.4, -0.2) is 26.1 Å². The van der Waals surface area contributed by atoms with Crippen molar-refractivity contribution in [2.45, 2.75) is 13.0 Å². The fraction of sp³-hybridized carbons (Fsp3) is 0.167. The molecule has 0 saturated heterocycles. The molecule has 0 aliphatic carbocycles. The van der Waals surface area contributed by atoms with Crippen molar-refractivity contribution >= 4 is 11.9 Å². The lowest BCUT2D eigenvalue weighted by Crippen LogP contribution is -2.28. The van der Waals surface area contributed by atoms with Crippen LogP contribution in [0, 0.1) is 24.2 Å². The smallest absolute Gasteiger partial charge is 0.247 e. The second kappa shape index (κ2) is 7.55. The van der Waals surface area contributed by atoms with Gasteiger partial charge in [0, 0.05) is 17.3 Å². The van der Waals surface area contributed by atoms with Crippen LogP contribution in [-0.2, 0) is 4.79 Å². The van der Waals surface area contributed by atoms with Crippen molar-refractivity contribution in [1.82, 2.24) is 15.1 Å². The number of aliphatic hydroxyl groups is 1.